The lowest BCUT2D eigenvalue weighted by molar-refractivity contribution is -0.122. The Balaban J connectivity index is 1.56. The molecule has 5 heteroatoms. The number of hydrogen-bond donors (Lipinski definition) is 1. The zero-order valence-electron chi connectivity index (χ0n) is 14.8. The number of amides is 1. The number of aryl methyl sites for hydroxylation is 1. The first-order valence-corrected chi connectivity index (χ1v) is 8.86. The van der Waals surface area contributed by atoms with Crippen LogP contribution in [0.25, 0.3) is 0 Å². The largest absolute Gasteiger partial charge is 0.367 e. The van der Waals surface area contributed by atoms with Crippen LogP contribution in [0.5, 0.6) is 0 Å². The van der Waals surface area contributed by atoms with Crippen molar-refractivity contribution >= 4 is 11.6 Å². The van der Waals surface area contributed by atoms with E-state index in [1.54, 1.807) is 0 Å². The van der Waals surface area contributed by atoms with Crippen LogP contribution in [0.15, 0.2) is 55.4 Å². The van der Waals surface area contributed by atoms with Crippen LogP contribution in [0.4, 0.5) is 5.69 Å². The molecule has 1 N–H and O–H groups in total. The Kier molecular flexibility index (Phi) is 5.53. The summed E-state index contributed by atoms with van der Waals surface area (Å²) in [4.78, 5) is 14.8. The standard InChI is InChI=1S/C20H26N4O/c1-3-16(17-8-5-4-6-9-17)12-20(25)22-18-10-7-11-24(14-18)19-13-21-23(2)15-19/h3-6,8-9,13,15-16,18H,1,7,10-12,14H2,2H3,(H,22,25)/t16-,18-/m0/s1. The average Bonchev–Trinajstić information content (AvgIpc) is 3.07. The number of hydrogen-bond acceptors (Lipinski definition) is 3. The first-order valence-electron chi connectivity index (χ1n) is 8.86. The number of carbonyl (C=O) groups excluding carboxylic acids is 1. The number of piperidine rings is 1. The number of carbonyl (C=O) groups is 1. The van der Waals surface area contributed by atoms with Crippen molar-refractivity contribution in [3.8, 4) is 0 Å². The van der Waals surface area contributed by atoms with Gasteiger partial charge in [-0.1, -0.05) is 36.4 Å². The van der Waals surface area contributed by atoms with E-state index in [1.165, 1.54) is 0 Å². The third kappa shape index (κ3) is 4.50. The lowest BCUT2D eigenvalue weighted by Gasteiger charge is -2.34. The van der Waals surface area contributed by atoms with Crippen LogP contribution in [-0.2, 0) is 11.8 Å². The van der Waals surface area contributed by atoms with E-state index in [9.17, 15) is 4.79 Å². The Labute approximate surface area is 149 Å². The van der Waals surface area contributed by atoms with Crippen molar-refractivity contribution in [3.05, 3.63) is 60.9 Å². The predicted molar refractivity (Wildman–Crippen MR) is 101 cm³/mol. The van der Waals surface area contributed by atoms with Gasteiger partial charge in [0.25, 0.3) is 0 Å². The number of anilines is 1. The van der Waals surface area contributed by atoms with Crippen LogP contribution in [0.2, 0.25) is 0 Å². The molecule has 2 heterocycles. The third-order valence-electron chi connectivity index (χ3n) is 4.76. The molecule has 1 aliphatic heterocycles. The Morgan fingerprint density at radius 3 is 2.92 bits per heavy atom. The smallest absolute Gasteiger partial charge is 0.221 e. The monoisotopic (exact) mass is 338 g/mol. The van der Waals surface area contributed by atoms with Crippen molar-refractivity contribution in [2.24, 2.45) is 7.05 Å². The van der Waals surface area contributed by atoms with Gasteiger partial charge in [-0.25, -0.2) is 0 Å². The Bertz CT molecular complexity index is 709. The summed E-state index contributed by atoms with van der Waals surface area (Å²) in [5.41, 5.74) is 2.25. The number of rotatable bonds is 6. The van der Waals surface area contributed by atoms with Crippen molar-refractivity contribution in [3.63, 3.8) is 0 Å². The van der Waals surface area contributed by atoms with Gasteiger partial charge in [0.05, 0.1) is 11.9 Å². The van der Waals surface area contributed by atoms with E-state index in [-0.39, 0.29) is 17.9 Å². The highest BCUT2D eigenvalue weighted by atomic mass is 16.1. The molecule has 2 atom stereocenters. The molecule has 0 radical (unpaired) electrons. The Morgan fingerprint density at radius 2 is 2.24 bits per heavy atom. The molecular weight excluding hydrogens is 312 g/mol. The number of nitrogens with zero attached hydrogens (tertiary/aromatic N) is 3. The topological polar surface area (TPSA) is 50.2 Å². The molecule has 132 valence electrons. The molecule has 5 nitrogen and oxygen atoms in total. The van der Waals surface area contributed by atoms with Gasteiger partial charge in [-0.2, -0.15) is 5.10 Å². The molecule has 0 aliphatic carbocycles. The lowest BCUT2D eigenvalue weighted by atomic mass is 9.95. The number of benzene rings is 1. The fourth-order valence-corrected chi connectivity index (χ4v) is 3.42. The molecular formula is C20H26N4O. The number of nitrogens with one attached hydrogen (secondary N) is 1. The molecule has 1 saturated heterocycles. The predicted octanol–water partition coefficient (Wildman–Crippen LogP) is 2.87. The quantitative estimate of drug-likeness (QED) is 0.824. The zero-order chi connectivity index (χ0) is 17.6. The van der Waals surface area contributed by atoms with E-state index in [0.29, 0.717) is 6.42 Å². The molecule has 1 aromatic carbocycles. The molecule has 0 unspecified atom stereocenters. The summed E-state index contributed by atoms with van der Waals surface area (Å²) in [6.45, 7) is 5.74. The first-order chi connectivity index (χ1) is 12.2. The fourth-order valence-electron chi connectivity index (χ4n) is 3.42. The Hall–Kier alpha value is -2.56. The molecule has 0 spiro atoms. The van der Waals surface area contributed by atoms with Crippen molar-refractivity contribution < 1.29 is 4.79 Å². The van der Waals surface area contributed by atoms with Gasteiger partial charge in [0.1, 0.15) is 0 Å². The molecule has 1 fully saturated rings. The summed E-state index contributed by atoms with van der Waals surface area (Å²) in [7, 11) is 1.92. The molecule has 2 aromatic rings. The molecule has 3 rings (SSSR count). The minimum Gasteiger partial charge on any atom is -0.367 e. The SMILES string of the molecule is C=C[C@@H](CC(=O)N[C@H]1CCCN(c2cnn(C)c2)C1)c1ccccc1. The normalized spacial score (nSPS) is 18.6. The fraction of sp³-hybridized carbons (Fsp3) is 0.400. The number of aromatic nitrogens is 2. The van der Waals surface area contributed by atoms with Crippen LogP contribution in [0, 0.1) is 0 Å². The van der Waals surface area contributed by atoms with Crippen molar-refractivity contribution in [2.75, 3.05) is 18.0 Å². The lowest BCUT2D eigenvalue weighted by Crippen LogP contribution is -2.48. The van der Waals surface area contributed by atoms with Crippen LogP contribution >= 0.6 is 0 Å². The van der Waals surface area contributed by atoms with Gasteiger partial charge in [0.2, 0.25) is 5.91 Å². The van der Waals surface area contributed by atoms with E-state index < -0.39 is 0 Å². The van der Waals surface area contributed by atoms with Crippen molar-refractivity contribution in [1.29, 1.82) is 0 Å². The van der Waals surface area contributed by atoms with Gasteiger partial charge in [-0.15, -0.1) is 6.58 Å². The van der Waals surface area contributed by atoms with Gasteiger partial charge >= 0.3 is 0 Å². The molecule has 0 bridgehead atoms. The molecule has 1 aromatic heterocycles. The number of allylic oxidation sites excluding steroid dienone is 1. The van der Waals surface area contributed by atoms with Gasteiger partial charge in [0.15, 0.2) is 0 Å². The van der Waals surface area contributed by atoms with E-state index >= 15 is 0 Å². The second kappa shape index (κ2) is 8.01. The van der Waals surface area contributed by atoms with Crippen LogP contribution in [-0.4, -0.2) is 34.8 Å². The minimum atomic E-state index is 0.0548. The molecule has 1 amide bonds. The van der Waals surface area contributed by atoms with Gasteiger partial charge < -0.3 is 10.2 Å². The highest BCUT2D eigenvalue weighted by Crippen LogP contribution is 2.22. The first kappa shape index (κ1) is 17.3. The van der Waals surface area contributed by atoms with Crippen molar-refractivity contribution in [2.45, 2.75) is 31.2 Å². The Morgan fingerprint density at radius 1 is 1.44 bits per heavy atom. The van der Waals surface area contributed by atoms with Crippen molar-refractivity contribution in [1.82, 2.24) is 15.1 Å². The van der Waals surface area contributed by atoms with Crippen LogP contribution in [0.1, 0.15) is 30.7 Å². The zero-order valence-corrected chi connectivity index (χ0v) is 14.8. The van der Waals surface area contributed by atoms with E-state index in [0.717, 1.165) is 37.2 Å². The maximum absolute atomic E-state index is 12.5. The van der Waals surface area contributed by atoms with Crippen LogP contribution in [0.3, 0.4) is 0 Å². The second-order valence-corrected chi connectivity index (χ2v) is 6.68. The summed E-state index contributed by atoms with van der Waals surface area (Å²) in [5, 5.41) is 7.44. The molecule has 25 heavy (non-hydrogen) atoms. The van der Waals surface area contributed by atoms with E-state index in [1.807, 2.05) is 60.5 Å². The second-order valence-electron chi connectivity index (χ2n) is 6.68. The van der Waals surface area contributed by atoms with Gasteiger partial charge in [-0.05, 0) is 18.4 Å². The average molecular weight is 338 g/mol. The summed E-state index contributed by atoms with van der Waals surface area (Å²) in [6.07, 6.45) is 8.30. The summed E-state index contributed by atoms with van der Waals surface area (Å²) in [5.74, 6) is 0.144. The van der Waals surface area contributed by atoms with Crippen LogP contribution < -0.4 is 10.2 Å². The minimum absolute atomic E-state index is 0.0548. The van der Waals surface area contributed by atoms with E-state index in [2.05, 4.69) is 21.9 Å². The third-order valence-corrected chi connectivity index (χ3v) is 4.76. The van der Waals surface area contributed by atoms with E-state index in [4.69, 9.17) is 0 Å². The summed E-state index contributed by atoms with van der Waals surface area (Å²) in [6, 6.07) is 10.3. The molecule has 1 aliphatic rings. The molecule has 0 saturated carbocycles. The highest BCUT2D eigenvalue weighted by molar-refractivity contribution is 5.77. The highest BCUT2D eigenvalue weighted by Gasteiger charge is 2.23. The summed E-state index contributed by atoms with van der Waals surface area (Å²) >= 11 is 0. The van der Waals surface area contributed by atoms with Gasteiger partial charge in [0, 0.05) is 44.7 Å². The summed E-state index contributed by atoms with van der Waals surface area (Å²) < 4.78 is 1.81. The maximum atomic E-state index is 12.5. The van der Waals surface area contributed by atoms with Gasteiger partial charge in [-0.3, -0.25) is 9.48 Å². The maximum Gasteiger partial charge on any atom is 0.221 e.